The van der Waals surface area contributed by atoms with Gasteiger partial charge in [-0.25, -0.2) is 13.1 Å². The fourth-order valence-electron chi connectivity index (χ4n) is 2.14. The van der Waals surface area contributed by atoms with Gasteiger partial charge < -0.3 is 10.1 Å². The van der Waals surface area contributed by atoms with Crippen molar-refractivity contribution in [2.45, 2.75) is 11.4 Å². The summed E-state index contributed by atoms with van der Waals surface area (Å²) in [4.78, 5) is 9.97. The predicted octanol–water partition coefficient (Wildman–Crippen LogP) is 1.67. The molecule has 2 N–H and O–H groups in total. The minimum atomic E-state index is -3.79. The lowest BCUT2D eigenvalue weighted by Gasteiger charge is -2.09. The van der Waals surface area contributed by atoms with Gasteiger partial charge in [0, 0.05) is 31.8 Å². The summed E-state index contributed by atoms with van der Waals surface area (Å²) in [6.07, 6.45) is 0. The Morgan fingerprint density at radius 1 is 1.12 bits per heavy atom. The molecule has 0 amide bonds. The second kappa shape index (κ2) is 8.56. The maximum atomic E-state index is 12.1. The zero-order chi connectivity index (χ0) is 18.3. The van der Waals surface area contributed by atoms with Crippen LogP contribution in [0.3, 0.4) is 0 Å². The van der Waals surface area contributed by atoms with Crippen molar-refractivity contribution in [3.63, 3.8) is 0 Å². The van der Waals surface area contributed by atoms with Gasteiger partial charge in [0.25, 0.3) is 5.69 Å². The second-order valence-corrected chi connectivity index (χ2v) is 6.95. The molecule has 0 heterocycles. The molecular formula is C16H19N3O5S. The van der Waals surface area contributed by atoms with Crippen LogP contribution in [0.5, 0.6) is 5.75 Å². The largest absolute Gasteiger partial charge is 0.497 e. The molecule has 2 rings (SSSR count). The number of non-ortho nitro benzene ring substituents is 1. The minimum absolute atomic E-state index is 0.130. The molecule has 9 heteroatoms. The maximum Gasteiger partial charge on any atom is 0.270 e. The van der Waals surface area contributed by atoms with E-state index < -0.39 is 14.9 Å². The van der Waals surface area contributed by atoms with Crippen molar-refractivity contribution < 1.29 is 18.1 Å². The van der Waals surface area contributed by atoms with E-state index in [0.29, 0.717) is 13.1 Å². The highest BCUT2D eigenvalue weighted by atomic mass is 32.2. The first-order valence-electron chi connectivity index (χ1n) is 7.50. The van der Waals surface area contributed by atoms with E-state index in [9.17, 15) is 18.5 Å². The predicted molar refractivity (Wildman–Crippen MR) is 93.0 cm³/mol. The first-order valence-corrected chi connectivity index (χ1v) is 8.98. The molecule has 0 aromatic heterocycles. The maximum absolute atomic E-state index is 12.1. The molecule has 0 atom stereocenters. The van der Waals surface area contributed by atoms with Crippen LogP contribution in [0.4, 0.5) is 5.69 Å². The summed E-state index contributed by atoms with van der Waals surface area (Å²) in [5.74, 6) is 0.755. The molecule has 0 aliphatic carbocycles. The number of hydrogen-bond acceptors (Lipinski definition) is 6. The first kappa shape index (κ1) is 18.8. The van der Waals surface area contributed by atoms with Gasteiger partial charge in [0.15, 0.2) is 0 Å². The van der Waals surface area contributed by atoms with E-state index in [1.54, 1.807) is 7.11 Å². The first-order chi connectivity index (χ1) is 11.9. The normalized spacial score (nSPS) is 11.2. The molecular weight excluding hydrogens is 346 g/mol. The molecule has 0 radical (unpaired) electrons. The van der Waals surface area contributed by atoms with Crippen LogP contribution in [0, 0.1) is 10.1 Å². The molecule has 25 heavy (non-hydrogen) atoms. The van der Waals surface area contributed by atoms with Gasteiger partial charge in [-0.05, 0) is 23.8 Å². The van der Waals surface area contributed by atoms with Crippen molar-refractivity contribution in [2.24, 2.45) is 0 Å². The Kier molecular flexibility index (Phi) is 6.45. The summed E-state index contributed by atoms with van der Waals surface area (Å²) in [7, 11) is -2.19. The topological polar surface area (TPSA) is 111 Å². The van der Waals surface area contributed by atoms with Gasteiger partial charge in [-0.15, -0.1) is 0 Å². The number of benzene rings is 2. The van der Waals surface area contributed by atoms with Crippen LogP contribution >= 0.6 is 0 Å². The highest BCUT2D eigenvalue weighted by Gasteiger charge is 2.16. The third-order valence-corrected chi connectivity index (χ3v) is 4.85. The number of hydrogen-bond donors (Lipinski definition) is 2. The molecule has 0 bridgehead atoms. The number of rotatable bonds is 9. The fraction of sp³-hybridized carbons (Fsp3) is 0.250. The Balaban J connectivity index is 1.84. The average Bonchev–Trinajstić information content (AvgIpc) is 2.61. The molecule has 0 saturated heterocycles. The SMILES string of the molecule is COc1cccc(CNCCNS(=O)(=O)c2cccc([N+](=O)[O-])c2)c1. The number of nitro benzene ring substituents is 1. The quantitative estimate of drug-likeness (QED) is 0.397. The number of nitrogens with zero attached hydrogens (tertiary/aromatic N) is 1. The van der Waals surface area contributed by atoms with Crippen molar-refractivity contribution in [3.8, 4) is 5.75 Å². The van der Waals surface area contributed by atoms with Gasteiger partial charge in [-0.1, -0.05) is 18.2 Å². The lowest BCUT2D eigenvalue weighted by Crippen LogP contribution is -2.31. The van der Waals surface area contributed by atoms with Gasteiger partial charge >= 0.3 is 0 Å². The molecule has 0 spiro atoms. The number of ether oxygens (including phenoxy) is 1. The number of nitrogens with one attached hydrogen (secondary N) is 2. The Morgan fingerprint density at radius 3 is 2.60 bits per heavy atom. The van der Waals surface area contributed by atoms with E-state index >= 15 is 0 Å². The molecule has 2 aromatic carbocycles. The summed E-state index contributed by atoms with van der Waals surface area (Å²) < 4.78 is 31.8. The number of methoxy groups -OCH3 is 1. The summed E-state index contributed by atoms with van der Waals surface area (Å²) in [5.41, 5.74) is 0.750. The Bertz CT molecular complexity index is 839. The van der Waals surface area contributed by atoms with Gasteiger partial charge in [-0.2, -0.15) is 0 Å². The van der Waals surface area contributed by atoms with Crippen molar-refractivity contribution >= 4 is 15.7 Å². The average molecular weight is 365 g/mol. The van der Waals surface area contributed by atoms with E-state index in [4.69, 9.17) is 4.74 Å². The van der Waals surface area contributed by atoms with Crippen LogP contribution in [-0.4, -0.2) is 33.5 Å². The fourth-order valence-corrected chi connectivity index (χ4v) is 3.21. The highest BCUT2D eigenvalue weighted by molar-refractivity contribution is 7.89. The van der Waals surface area contributed by atoms with Crippen molar-refractivity contribution in [1.82, 2.24) is 10.0 Å². The summed E-state index contributed by atoms with van der Waals surface area (Å²) >= 11 is 0. The van der Waals surface area contributed by atoms with E-state index in [1.807, 2.05) is 24.3 Å². The Morgan fingerprint density at radius 2 is 1.88 bits per heavy atom. The minimum Gasteiger partial charge on any atom is -0.497 e. The number of nitro groups is 1. The highest BCUT2D eigenvalue weighted by Crippen LogP contribution is 2.17. The molecule has 0 aliphatic rings. The summed E-state index contributed by atoms with van der Waals surface area (Å²) in [5, 5.41) is 13.8. The van der Waals surface area contributed by atoms with Gasteiger partial charge in [0.05, 0.1) is 16.9 Å². The number of sulfonamides is 1. The van der Waals surface area contributed by atoms with E-state index in [0.717, 1.165) is 17.4 Å². The lowest BCUT2D eigenvalue weighted by molar-refractivity contribution is -0.385. The Hall–Kier alpha value is -2.49. The van der Waals surface area contributed by atoms with Crippen molar-refractivity contribution in [2.75, 3.05) is 20.2 Å². The van der Waals surface area contributed by atoms with Crippen molar-refractivity contribution in [3.05, 3.63) is 64.2 Å². The van der Waals surface area contributed by atoms with Crippen LogP contribution in [0.25, 0.3) is 0 Å². The molecule has 8 nitrogen and oxygen atoms in total. The molecule has 134 valence electrons. The van der Waals surface area contributed by atoms with Gasteiger partial charge in [0.2, 0.25) is 10.0 Å². The molecule has 0 fully saturated rings. The third-order valence-electron chi connectivity index (χ3n) is 3.40. The van der Waals surface area contributed by atoms with Gasteiger partial charge in [-0.3, -0.25) is 10.1 Å². The van der Waals surface area contributed by atoms with Crippen LogP contribution < -0.4 is 14.8 Å². The summed E-state index contributed by atoms with van der Waals surface area (Å²) in [6, 6.07) is 12.5. The van der Waals surface area contributed by atoms with Gasteiger partial charge in [0.1, 0.15) is 5.75 Å². The van der Waals surface area contributed by atoms with E-state index in [-0.39, 0.29) is 17.1 Å². The zero-order valence-corrected chi connectivity index (χ0v) is 14.5. The Labute approximate surface area is 146 Å². The smallest absolute Gasteiger partial charge is 0.270 e. The van der Waals surface area contributed by atoms with E-state index in [1.165, 1.54) is 18.2 Å². The monoisotopic (exact) mass is 365 g/mol. The molecule has 0 aliphatic heterocycles. The summed E-state index contributed by atoms with van der Waals surface area (Å²) in [6.45, 7) is 1.14. The molecule has 2 aromatic rings. The van der Waals surface area contributed by atoms with Crippen LogP contribution in [0.1, 0.15) is 5.56 Å². The van der Waals surface area contributed by atoms with Crippen molar-refractivity contribution in [1.29, 1.82) is 0 Å². The van der Waals surface area contributed by atoms with Crippen LogP contribution in [0.15, 0.2) is 53.4 Å². The van der Waals surface area contributed by atoms with E-state index in [2.05, 4.69) is 10.0 Å². The van der Waals surface area contributed by atoms with Crippen LogP contribution in [0.2, 0.25) is 0 Å². The molecule has 0 unspecified atom stereocenters. The zero-order valence-electron chi connectivity index (χ0n) is 13.6. The van der Waals surface area contributed by atoms with Crippen LogP contribution in [-0.2, 0) is 16.6 Å². The lowest BCUT2D eigenvalue weighted by atomic mass is 10.2. The molecule has 0 saturated carbocycles. The standard InChI is InChI=1S/C16H19N3O5S/c1-24-15-6-2-4-13(10-15)12-17-8-9-18-25(22,23)16-7-3-5-14(11-16)19(20)21/h2-7,10-11,17-18H,8-9,12H2,1H3. The third kappa shape index (κ3) is 5.52. The second-order valence-electron chi connectivity index (χ2n) is 5.18.